The number of aliphatic hydroxyl groups excluding tert-OH is 1. The molecular formula is C11H17F3O. The lowest BCUT2D eigenvalue weighted by Crippen LogP contribution is -2.57. The van der Waals surface area contributed by atoms with E-state index in [1.165, 1.54) is 0 Å². The minimum atomic E-state index is -4.46. The van der Waals surface area contributed by atoms with Crippen LogP contribution >= 0.6 is 0 Å². The summed E-state index contributed by atoms with van der Waals surface area (Å²) in [4.78, 5) is 0. The Bertz CT molecular complexity index is 255. The van der Waals surface area contributed by atoms with Crippen molar-refractivity contribution in [3.63, 3.8) is 0 Å². The van der Waals surface area contributed by atoms with Crippen molar-refractivity contribution < 1.29 is 18.3 Å². The summed E-state index contributed by atoms with van der Waals surface area (Å²) in [6.07, 6.45) is -4.35. The van der Waals surface area contributed by atoms with Crippen molar-refractivity contribution in [3.05, 3.63) is 0 Å². The molecule has 0 aliphatic heterocycles. The first-order valence-corrected chi connectivity index (χ1v) is 5.49. The highest BCUT2D eigenvalue weighted by molar-refractivity contribution is 5.05. The van der Waals surface area contributed by atoms with E-state index in [0.29, 0.717) is 12.3 Å². The lowest BCUT2D eigenvalue weighted by molar-refractivity contribution is -0.251. The standard InChI is InChI=1S/C11H17F3O/c1-10(2)6-3-4-7(8(10)5-6)9(15)11(12,13)14/h6-9,15H,3-5H2,1-2H3. The Balaban J connectivity index is 2.11. The van der Waals surface area contributed by atoms with Gasteiger partial charge in [0, 0.05) is 0 Å². The normalized spacial score (nSPS) is 40.8. The Labute approximate surface area is 87.7 Å². The summed E-state index contributed by atoms with van der Waals surface area (Å²) >= 11 is 0. The first kappa shape index (κ1) is 11.2. The molecule has 3 rings (SSSR count). The zero-order chi connectivity index (χ0) is 11.4. The van der Waals surface area contributed by atoms with E-state index in [1.54, 1.807) is 0 Å². The Morgan fingerprint density at radius 1 is 1.27 bits per heavy atom. The SMILES string of the molecule is CC1(C)C2CCC(C(O)C(F)(F)F)C1C2. The second-order valence-corrected chi connectivity index (χ2v) is 5.59. The summed E-state index contributed by atoms with van der Waals surface area (Å²) in [6.45, 7) is 4.06. The first-order chi connectivity index (χ1) is 6.74. The number of hydrogen-bond donors (Lipinski definition) is 1. The van der Waals surface area contributed by atoms with Crippen molar-refractivity contribution in [1.29, 1.82) is 0 Å². The van der Waals surface area contributed by atoms with Gasteiger partial charge in [-0.15, -0.1) is 0 Å². The van der Waals surface area contributed by atoms with Gasteiger partial charge in [-0.25, -0.2) is 0 Å². The third-order valence-electron chi connectivity index (χ3n) is 4.65. The van der Waals surface area contributed by atoms with Crippen LogP contribution < -0.4 is 0 Å². The monoisotopic (exact) mass is 222 g/mol. The third-order valence-corrected chi connectivity index (χ3v) is 4.65. The van der Waals surface area contributed by atoms with Gasteiger partial charge < -0.3 is 5.11 Å². The number of rotatable bonds is 1. The molecule has 15 heavy (non-hydrogen) atoms. The predicted molar refractivity (Wildman–Crippen MR) is 50.2 cm³/mol. The minimum absolute atomic E-state index is 0.00481. The van der Waals surface area contributed by atoms with Gasteiger partial charge in [-0.1, -0.05) is 13.8 Å². The second-order valence-electron chi connectivity index (χ2n) is 5.59. The molecule has 0 heterocycles. The lowest BCUT2D eigenvalue weighted by atomic mass is 9.45. The fourth-order valence-corrected chi connectivity index (χ4v) is 3.49. The van der Waals surface area contributed by atoms with Crippen LogP contribution in [0.4, 0.5) is 13.2 Å². The van der Waals surface area contributed by atoms with Crippen LogP contribution in [0.15, 0.2) is 0 Å². The van der Waals surface area contributed by atoms with E-state index in [0.717, 1.165) is 12.8 Å². The average Bonchev–Trinajstić information content (AvgIpc) is 2.15. The summed E-state index contributed by atoms with van der Waals surface area (Å²) in [6, 6.07) is 0. The molecule has 4 heteroatoms. The van der Waals surface area contributed by atoms with Gasteiger partial charge in [-0.2, -0.15) is 13.2 Å². The molecule has 0 radical (unpaired) electrons. The lowest BCUT2D eigenvalue weighted by Gasteiger charge is -2.61. The molecule has 0 amide bonds. The van der Waals surface area contributed by atoms with E-state index in [4.69, 9.17) is 0 Å². The van der Waals surface area contributed by atoms with Crippen molar-refractivity contribution in [2.75, 3.05) is 0 Å². The van der Waals surface area contributed by atoms with Gasteiger partial charge in [-0.3, -0.25) is 0 Å². The Kier molecular flexibility index (Phi) is 2.34. The molecule has 0 aromatic carbocycles. The van der Waals surface area contributed by atoms with E-state index in [-0.39, 0.29) is 11.3 Å². The molecule has 0 saturated heterocycles. The van der Waals surface area contributed by atoms with Crippen molar-refractivity contribution in [3.8, 4) is 0 Å². The number of fused-ring (bicyclic) bond motifs is 2. The van der Waals surface area contributed by atoms with Crippen molar-refractivity contribution in [1.82, 2.24) is 0 Å². The second kappa shape index (κ2) is 3.12. The summed E-state index contributed by atoms with van der Waals surface area (Å²) in [7, 11) is 0. The van der Waals surface area contributed by atoms with Crippen LogP contribution in [0.5, 0.6) is 0 Å². The number of hydrogen-bond acceptors (Lipinski definition) is 1. The quantitative estimate of drug-likeness (QED) is 0.723. The van der Waals surface area contributed by atoms with Gasteiger partial charge in [0.25, 0.3) is 0 Å². The molecular weight excluding hydrogens is 205 g/mol. The molecule has 2 bridgehead atoms. The Hall–Kier alpha value is -0.250. The zero-order valence-electron chi connectivity index (χ0n) is 9.01. The van der Waals surface area contributed by atoms with Gasteiger partial charge in [0.05, 0.1) is 0 Å². The number of halogens is 3. The van der Waals surface area contributed by atoms with Gasteiger partial charge in [0.15, 0.2) is 6.10 Å². The van der Waals surface area contributed by atoms with Crippen LogP contribution in [-0.2, 0) is 0 Å². The molecule has 88 valence electrons. The fourth-order valence-electron chi connectivity index (χ4n) is 3.49. The molecule has 0 spiro atoms. The van der Waals surface area contributed by atoms with Crippen LogP contribution in [-0.4, -0.2) is 17.4 Å². The van der Waals surface area contributed by atoms with Gasteiger partial charge >= 0.3 is 6.18 Å². The van der Waals surface area contributed by atoms with E-state index in [2.05, 4.69) is 0 Å². The van der Waals surface area contributed by atoms with Crippen LogP contribution in [0.25, 0.3) is 0 Å². The molecule has 1 N–H and O–H groups in total. The molecule has 3 saturated carbocycles. The van der Waals surface area contributed by atoms with Crippen molar-refractivity contribution >= 4 is 0 Å². The molecule has 4 unspecified atom stereocenters. The number of aliphatic hydroxyl groups is 1. The molecule has 3 aliphatic rings. The zero-order valence-corrected chi connectivity index (χ0v) is 9.01. The fraction of sp³-hybridized carbons (Fsp3) is 1.00. The Morgan fingerprint density at radius 3 is 2.27 bits per heavy atom. The summed E-state index contributed by atoms with van der Waals surface area (Å²) < 4.78 is 37.3. The highest BCUT2D eigenvalue weighted by atomic mass is 19.4. The van der Waals surface area contributed by atoms with E-state index < -0.39 is 18.2 Å². The molecule has 3 aliphatic carbocycles. The predicted octanol–water partition coefficient (Wildman–Crippen LogP) is 2.98. The van der Waals surface area contributed by atoms with E-state index in [1.807, 2.05) is 13.8 Å². The maximum Gasteiger partial charge on any atom is 0.414 e. The summed E-state index contributed by atoms with van der Waals surface area (Å²) in [5.41, 5.74) is -0.00481. The molecule has 0 aromatic heterocycles. The van der Waals surface area contributed by atoms with E-state index >= 15 is 0 Å². The van der Waals surface area contributed by atoms with Gasteiger partial charge in [0.2, 0.25) is 0 Å². The highest BCUT2D eigenvalue weighted by Crippen LogP contribution is 2.62. The van der Waals surface area contributed by atoms with Crippen LogP contribution in [0.3, 0.4) is 0 Å². The topological polar surface area (TPSA) is 20.2 Å². The summed E-state index contributed by atoms with van der Waals surface area (Å²) in [5.74, 6) is 0.0389. The largest absolute Gasteiger partial charge is 0.414 e. The Morgan fingerprint density at radius 2 is 1.87 bits per heavy atom. The highest BCUT2D eigenvalue weighted by Gasteiger charge is 2.59. The first-order valence-electron chi connectivity index (χ1n) is 5.49. The van der Waals surface area contributed by atoms with Crippen LogP contribution in [0.1, 0.15) is 33.1 Å². The van der Waals surface area contributed by atoms with Gasteiger partial charge in [-0.05, 0) is 42.4 Å². The smallest absolute Gasteiger partial charge is 0.383 e. The molecule has 0 aromatic rings. The average molecular weight is 222 g/mol. The summed E-state index contributed by atoms with van der Waals surface area (Å²) in [5, 5.41) is 9.31. The molecule has 1 nitrogen and oxygen atoms in total. The third kappa shape index (κ3) is 1.57. The van der Waals surface area contributed by atoms with Gasteiger partial charge in [0.1, 0.15) is 0 Å². The van der Waals surface area contributed by atoms with E-state index in [9.17, 15) is 18.3 Å². The van der Waals surface area contributed by atoms with Crippen molar-refractivity contribution in [2.45, 2.75) is 45.4 Å². The van der Waals surface area contributed by atoms with Crippen LogP contribution in [0.2, 0.25) is 0 Å². The maximum atomic E-state index is 12.4. The molecule has 3 fully saturated rings. The van der Waals surface area contributed by atoms with Crippen LogP contribution in [0, 0.1) is 23.2 Å². The minimum Gasteiger partial charge on any atom is -0.383 e. The maximum absolute atomic E-state index is 12.4. The molecule has 4 atom stereocenters. The van der Waals surface area contributed by atoms with Crippen molar-refractivity contribution in [2.24, 2.45) is 23.2 Å². The number of alkyl halides is 3.